The summed E-state index contributed by atoms with van der Waals surface area (Å²) in [6.07, 6.45) is 7.33. The maximum absolute atomic E-state index is 12.8. The van der Waals surface area contributed by atoms with Crippen LogP contribution in [0.4, 0.5) is 9.59 Å². The van der Waals surface area contributed by atoms with E-state index in [9.17, 15) is 14.7 Å². The molecule has 0 radical (unpaired) electrons. The third-order valence-electron chi connectivity index (χ3n) is 14.4. The van der Waals surface area contributed by atoms with Gasteiger partial charge in [0.25, 0.3) is 0 Å². The topological polar surface area (TPSA) is 123 Å². The lowest BCUT2D eigenvalue weighted by Gasteiger charge is -2.63. The van der Waals surface area contributed by atoms with Gasteiger partial charge >= 0.3 is 12.2 Å². The van der Waals surface area contributed by atoms with Crippen LogP contribution in [0.1, 0.15) is 92.4 Å². The van der Waals surface area contributed by atoms with E-state index < -0.39 is 17.7 Å². The van der Waals surface area contributed by atoms with Crippen LogP contribution in [0.5, 0.6) is 0 Å². The first-order valence-corrected chi connectivity index (χ1v) is 16.8. The van der Waals surface area contributed by atoms with Crippen LogP contribution in [0.3, 0.4) is 0 Å². The fraction of sp³-hybridized carbons (Fsp3) is 0.939. The molecule has 2 spiro atoms. The molecule has 7 rings (SSSR count). The molecule has 0 aromatic carbocycles. The lowest BCUT2D eigenvalue weighted by atomic mass is 9.43. The van der Waals surface area contributed by atoms with Crippen molar-refractivity contribution < 1.29 is 28.9 Å². The number of likely N-dealkylation sites (tertiary alicyclic amines) is 1. The monoisotopic (exact) mass is 587 g/mol. The number of aliphatic hydroxyl groups is 1. The number of fused-ring (bicyclic) bond motifs is 4. The van der Waals surface area contributed by atoms with Crippen molar-refractivity contribution in [3.63, 3.8) is 0 Å². The molecule has 7 fully saturated rings. The average Bonchev–Trinajstić information content (AvgIpc) is 3.53. The molecule has 2 heterocycles. The van der Waals surface area contributed by atoms with Crippen molar-refractivity contribution in [2.75, 3.05) is 26.2 Å². The summed E-state index contributed by atoms with van der Waals surface area (Å²) in [6.45, 7) is 13.5. The Bertz CT molecular complexity index is 1130. The highest BCUT2D eigenvalue weighted by Gasteiger charge is 2.85. The molecule has 5 saturated carbocycles. The molecule has 12 unspecified atom stereocenters. The van der Waals surface area contributed by atoms with Gasteiger partial charge in [0.2, 0.25) is 0 Å². The molecule has 9 nitrogen and oxygen atoms in total. The van der Waals surface area contributed by atoms with Gasteiger partial charge in [0.15, 0.2) is 0 Å². The standard InChI is InChI=1S/C33H53N3O6/c1-6-35-27(38)40-17-20-16-19(2)24-25(41-20)26(37)33(34)22-9-8-21-29(3,4)23(42-28(39)36-14-7-15-36)10-11-31(21)18-32(22,31)13-12-30(24,33)5/h19-26,37H,6-18,34H2,1-5H3,(H,35,38). The Balaban J connectivity index is 1.12. The second-order valence-electron chi connectivity index (χ2n) is 16.1. The van der Waals surface area contributed by atoms with E-state index in [2.05, 4.69) is 33.0 Å². The van der Waals surface area contributed by atoms with Crippen LogP contribution in [0, 0.1) is 45.3 Å². The van der Waals surface area contributed by atoms with Crippen LogP contribution in [-0.4, -0.2) is 78.4 Å². The van der Waals surface area contributed by atoms with Crippen molar-refractivity contribution in [1.29, 1.82) is 0 Å². The van der Waals surface area contributed by atoms with Crippen molar-refractivity contribution in [2.24, 2.45) is 51.1 Å². The molecule has 7 aliphatic rings. The Morgan fingerprint density at radius 1 is 1.07 bits per heavy atom. The number of nitrogens with two attached hydrogens (primary N) is 1. The summed E-state index contributed by atoms with van der Waals surface area (Å²) in [5.74, 6) is 1.23. The number of aliphatic hydroxyl groups excluding tert-OH is 1. The highest BCUT2D eigenvalue weighted by molar-refractivity contribution is 5.68. The van der Waals surface area contributed by atoms with Gasteiger partial charge < -0.3 is 35.3 Å². The predicted molar refractivity (Wildman–Crippen MR) is 156 cm³/mol. The van der Waals surface area contributed by atoms with Gasteiger partial charge in [0.05, 0.1) is 23.9 Å². The molecule has 0 aromatic heterocycles. The Morgan fingerprint density at radius 3 is 2.48 bits per heavy atom. The average molecular weight is 588 g/mol. The molecule has 0 bridgehead atoms. The smallest absolute Gasteiger partial charge is 0.410 e. The van der Waals surface area contributed by atoms with Gasteiger partial charge in [-0.15, -0.1) is 0 Å². The molecule has 9 heteroatoms. The minimum atomic E-state index is -0.750. The summed E-state index contributed by atoms with van der Waals surface area (Å²) in [4.78, 5) is 26.6. The highest BCUT2D eigenvalue weighted by atomic mass is 16.6. The fourth-order valence-electron chi connectivity index (χ4n) is 12.4. The lowest BCUT2D eigenvalue weighted by molar-refractivity contribution is -0.155. The summed E-state index contributed by atoms with van der Waals surface area (Å²) in [5.41, 5.74) is 7.01. The van der Waals surface area contributed by atoms with E-state index in [1.807, 2.05) is 11.8 Å². The molecular weight excluding hydrogens is 534 g/mol. The molecule has 236 valence electrons. The van der Waals surface area contributed by atoms with Crippen LogP contribution < -0.4 is 11.1 Å². The van der Waals surface area contributed by atoms with Crippen LogP contribution in [0.15, 0.2) is 0 Å². The molecule has 2 amide bonds. The zero-order valence-electron chi connectivity index (χ0n) is 26.3. The predicted octanol–water partition coefficient (Wildman–Crippen LogP) is 4.45. The van der Waals surface area contributed by atoms with Crippen molar-refractivity contribution >= 4 is 12.2 Å². The van der Waals surface area contributed by atoms with Gasteiger partial charge in [-0.25, -0.2) is 9.59 Å². The molecule has 12 atom stereocenters. The third kappa shape index (κ3) is 3.59. The van der Waals surface area contributed by atoms with Gasteiger partial charge in [0.1, 0.15) is 12.7 Å². The second-order valence-corrected chi connectivity index (χ2v) is 16.1. The van der Waals surface area contributed by atoms with E-state index in [1.54, 1.807) is 0 Å². The maximum atomic E-state index is 12.8. The van der Waals surface area contributed by atoms with E-state index in [4.69, 9.17) is 19.9 Å². The van der Waals surface area contributed by atoms with Crippen molar-refractivity contribution in [3.05, 3.63) is 0 Å². The molecule has 2 aliphatic heterocycles. The quantitative estimate of drug-likeness (QED) is 0.444. The number of hydrogen-bond donors (Lipinski definition) is 3. The van der Waals surface area contributed by atoms with Crippen LogP contribution in [0.2, 0.25) is 0 Å². The van der Waals surface area contributed by atoms with Crippen molar-refractivity contribution in [3.8, 4) is 0 Å². The van der Waals surface area contributed by atoms with E-state index in [0.717, 1.165) is 64.5 Å². The highest BCUT2D eigenvalue weighted by Crippen LogP contribution is 2.87. The van der Waals surface area contributed by atoms with E-state index in [-0.39, 0.29) is 64.5 Å². The number of nitrogens with one attached hydrogen (secondary N) is 1. The van der Waals surface area contributed by atoms with Crippen LogP contribution >= 0.6 is 0 Å². The second kappa shape index (κ2) is 9.46. The Kier molecular flexibility index (Phi) is 6.57. The molecule has 2 saturated heterocycles. The zero-order chi connectivity index (χ0) is 29.9. The minimum absolute atomic E-state index is 0.0520. The summed E-state index contributed by atoms with van der Waals surface area (Å²) in [6, 6.07) is 0. The van der Waals surface area contributed by atoms with Crippen LogP contribution in [-0.2, 0) is 14.2 Å². The number of nitrogens with zero attached hydrogens (tertiary/aromatic N) is 1. The number of amides is 2. The molecule has 42 heavy (non-hydrogen) atoms. The molecular formula is C33H53N3O6. The Morgan fingerprint density at radius 2 is 1.79 bits per heavy atom. The first-order chi connectivity index (χ1) is 19.9. The van der Waals surface area contributed by atoms with E-state index >= 15 is 0 Å². The third-order valence-corrected chi connectivity index (χ3v) is 14.4. The zero-order valence-corrected chi connectivity index (χ0v) is 26.3. The number of alkyl carbamates (subject to hydrolysis) is 1. The van der Waals surface area contributed by atoms with E-state index in [0.29, 0.717) is 18.4 Å². The number of carbonyl (C=O) groups is 2. The maximum Gasteiger partial charge on any atom is 0.410 e. The first kappa shape index (κ1) is 29.1. The summed E-state index contributed by atoms with van der Waals surface area (Å²) in [5, 5.41) is 14.9. The molecule has 4 N–H and O–H groups in total. The Hall–Kier alpha value is -1.58. The largest absolute Gasteiger partial charge is 0.447 e. The van der Waals surface area contributed by atoms with Crippen molar-refractivity contribution in [2.45, 2.75) is 122 Å². The number of rotatable bonds is 4. The summed E-state index contributed by atoms with van der Waals surface area (Å²) < 4.78 is 18.2. The van der Waals surface area contributed by atoms with Gasteiger partial charge in [-0.2, -0.15) is 0 Å². The van der Waals surface area contributed by atoms with Crippen molar-refractivity contribution in [1.82, 2.24) is 10.2 Å². The number of carbonyl (C=O) groups excluding carboxylic acids is 2. The van der Waals surface area contributed by atoms with Crippen LogP contribution in [0.25, 0.3) is 0 Å². The SMILES string of the molecule is CCNC(=O)OCC1CC(C)C2C(O1)C(O)C1(N)C3CCC4C(C)(C)C(OC(=O)N5CCC5)CCC45CC35CCC21C. The van der Waals surface area contributed by atoms with Gasteiger partial charge in [-0.05, 0) is 105 Å². The first-order valence-electron chi connectivity index (χ1n) is 16.8. The van der Waals surface area contributed by atoms with Gasteiger partial charge in [-0.1, -0.05) is 27.7 Å². The Labute approximate surface area is 250 Å². The number of hydrogen-bond acceptors (Lipinski definition) is 7. The van der Waals surface area contributed by atoms with Gasteiger partial charge in [-0.3, -0.25) is 0 Å². The fourth-order valence-corrected chi connectivity index (χ4v) is 12.4. The molecule has 0 aromatic rings. The molecule has 5 aliphatic carbocycles. The van der Waals surface area contributed by atoms with E-state index in [1.165, 1.54) is 6.42 Å². The van der Waals surface area contributed by atoms with Gasteiger partial charge in [0, 0.05) is 25.0 Å². The number of ether oxygens (including phenoxy) is 3. The summed E-state index contributed by atoms with van der Waals surface area (Å²) >= 11 is 0. The summed E-state index contributed by atoms with van der Waals surface area (Å²) in [7, 11) is 0. The lowest BCUT2D eigenvalue weighted by Crippen LogP contribution is -2.70. The normalized spacial score (nSPS) is 51.5. The minimum Gasteiger partial charge on any atom is -0.447 e.